The zero-order valence-electron chi connectivity index (χ0n) is 14.1. The van der Waals surface area contributed by atoms with E-state index in [9.17, 15) is 4.79 Å². The lowest BCUT2D eigenvalue weighted by atomic mass is 10.1. The number of thiazole rings is 1. The minimum Gasteiger partial charge on any atom is -0.345 e. The molecule has 0 radical (unpaired) electrons. The van der Waals surface area contributed by atoms with E-state index in [2.05, 4.69) is 24.1 Å². The van der Waals surface area contributed by atoms with E-state index in [0.717, 1.165) is 16.4 Å². The zero-order valence-corrected chi connectivity index (χ0v) is 14.9. The largest absolute Gasteiger partial charge is 0.345 e. The number of benzene rings is 1. The van der Waals surface area contributed by atoms with Crippen molar-refractivity contribution in [3.63, 3.8) is 0 Å². The van der Waals surface area contributed by atoms with Gasteiger partial charge in [-0.15, -0.1) is 0 Å². The van der Waals surface area contributed by atoms with Gasteiger partial charge in [-0.25, -0.2) is 4.98 Å². The third kappa shape index (κ3) is 3.41. The summed E-state index contributed by atoms with van der Waals surface area (Å²) in [5, 5.41) is 3.91. The maximum absolute atomic E-state index is 12.8. The molecule has 3 aromatic rings. The first-order chi connectivity index (χ1) is 11.6. The maximum atomic E-state index is 12.8. The van der Waals surface area contributed by atoms with Crippen molar-refractivity contribution in [1.29, 1.82) is 0 Å². The molecule has 0 aliphatic heterocycles. The van der Waals surface area contributed by atoms with Crippen molar-refractivity contribution in [1.82, 2.24) is 14.9 Å². The molecule has 4 nitrogen and oxygen atoms in total. The average Bonchev–Trinajstić information content (AvgIpc) is 3.24. The summed E-state index contributed by atoms with van der Waals surface area (Å²) in [6, 6.07) is 13.8. The zero-order chi connectivity index (χ0) is 17.1. The van der Waals surface area contributed by atoms with Crippen LogP contribution in [0.3, 0.4) is 0 Å². The van der Waals surface area contributed by atoms with Crippen molar-refractivity contribution in [3.8, 4) is 5.13 Å². The van der Waals surface area contributed by atoms with Crippen LogP contribution in [0.2, 0.25) is 0 Å². The summed E-state index contributed by atoms with van der Waals surface area (Å²) in [4.78, 5) is 18.2. The third-order valence-electron chi connectivity index (χ3n) is 3.87. The molecule has 2 aromatic heterocycles. The van der Waals surface area contributed by atoms with E-state index >= 15 is 0 Å². The molecule has 0 fully saturated rings. The average molecular weight is 339 g/mol. The van der Waals surface area contributed by atoms with Gasteiger partial charge < -0.3 is 9.88 Å². The Balaban J connectivity index is 1.86. The van der Waals surface area contributed by atoms with Crippen LogP contribution in [0.1, 0.15) is 53.7 Å². The van der Waals surface area contributed by atoms with Crippen LogP contribution in [0.5, 0.6) is 0 Å². The second-order valence-electron chi connectivity index (χ2n) is 6.06. The van der Waals surface area contributed by atoms with Gasteiger partial charge in [-0.05, 0) is 30.5 Å². The number of rotatable bonds is 5. The molecule has 0 aliphatic carbocycles. The monoisotopic (exact) mass is 339 g/mol. The summed E-state index contributed by atoms with van der Waals surface area (Å²) in [5.74, 6) is 0.129. The molecule has 5 heteroatoms. The lowest BCUT2D eigenvalue weighted by molar-refractivity contribution is 0.0942. The van der Waals surface area contributed by atoms with Gasteiger partial charge in [-0.3, -0.25) is 4.79 Å². The van der Waals surface area contributed by atoms with Crippen LogP contribution >= 0.6 is 11.3 Å². The molecule has 0 bridgehead atoms. The van der Waals surface area contributed by atoms with E-state index in [1.54, 1.807) is 0 Å². The molecule has 1 atom stereocenters. The number of hydrogen-bond acceptors (Lipinski definition) is 3. The number of amides is 1. The lowest BCUT2D eigenvalue weighted by Gasteiger charge is -2.14. The predicted octanol–water partition coefficient (Wildman–Crippen LogP) is 4.55. The Labute approximate surface area is 146 Å². The van der Waals surface area contributed by atoms with Crippen molar-refractivity contribution < 1.29 is 4.79 Å². The van der Waals surface area contributed by atoms with Crippen LogP contribution in [-0.2, 0) is 0 Å². The number of nitrogens with zero attached hydrogens (tertiary/aromatic N) is 2. The van der Waals surface area contributed by atoms with Crippen molar-refractivity contribution in [2.75, 3.05) is 0 Å². The highest BCUT2D eigenvalue weighted by Crippen LogP contribution is 2.28. The van der Waals surface area contributed by atoms with Crippen molar-refractivity contribution in [3.05, 3.63) is 71.0 Å². The quantitative estimate of drug-likeness (QED) is 0.741. The summed E-state index contributed by atoms with van der Waals surface area (Å²) in [6.07, 6.45) is 3.88. The summed E-state index contributed by atoms with van der Waals surface area (Å²) in [5.41, 5.74) is 1.94. The summed E-state index contributed by atoms with van der Waals surface area (Å²) < 4.78 is 1.94. The highest BCUT2D eigenvalue weighted by atomic mass is 32.1. The van der Waals surface area contributed by atoms with Gasteiger partial charge in [0.05, 0.1) is 11.7 Å². The molecule has 0 saturated heterocycles. The second kappa shape index (κ2) is 7.01. The topological polar surface area (TPSA) is 46.9 Å². The Morgan fingerprint density at radius 3 is 2.38 bits per heavy atom. The molecule has 2 heterocycles. The normalized spacial score (nSPS) is 12.3. The standard InChI is InChI=1S/C19H21N3OS/c1-13(2)16-17(24-19(21-16)22-11-7-8-12-22)18(23)20-14(3)15-9-5-4-6-10-15/h4-14H,1-3H3,(H,20,23). The number of hydrogen-bond donors (Lipinski definition) is 1. The highest BCUT2D eigenvalue weighted by molar-refractivity contribution is 7.16. The van der Waals surface area contributed by atoms with Crippen LogP contribution < -0.4 is 5.32 Å². The molecule has 0 spiro atoms. The van der Waals surface area contributed by atoms with Gasteiger partial charge in [-0.1, -0.05) is 55.5 Å². The molecule has 0 saturated carbocycles. The first-order valence-corrected chi connectivity index (χ1v) is 8.87. The van der Waals surface area contributed by atoms with Gasteiger partial charge >= 0.3 is 0 Å². The second-order valence-corrected chi connectivity index (χ2v) is 7.04. The predicted molar refractivity (Wildman–Crippen MR) is 97.9 cm³/mol. The van der Waals surface area contributed by atoms with Crippen molar-refractivity contribution >= 4 is 17.2 Å². The third-order valence-corrected chi connectivity index (χ3v) is 4.95. The van der Waals surface area contributed by atoms with Crippen LogP contribution in [0, 0.1) is 0 Å². The fourth-order valence-electron chi connectivity index (χ4n) is 2.53. The number of carbonyl (C=O) groups excluding carboxylic acids is 1. The molecule has 1 aromatic carbocycles. The Kier molecular flexibility index (Phi) is 4.81. The van der Waals surface area contributed by atoms with Gasteiger partial charge in [0.2, 0.25) is 0 Å². The minimum absolute atomic E-state index is 0.0455. The highest BCUT2D eigenvalue weighted by Gasteiger charge is 2.22. The smallest absolute Gasteiger partial charge is 0.263 e. The molecule has 1 amide bonds. The molecule has 124 valence electrons. The maximum Gasteiger partial charge on any atom is 0.263 e. The van der Waals surface area contributed by atoms with Crippen LogP contribution in [0.15, 0.2) is 54.9 Å². The number of aromatic nitrogens is 2. The van der Waals surface area contributed by atoms with Gasteiger partial charge in [0.25, 0.3) is 5.91 Å². The van der Waals surface area contributed by atoms with Gasteiger partial charge in [-0.2, -0.15) is 0 Å². The van der Waals surface area contributed by atoms with E-state index in [1.165, 1.54) is 11.3 Å². The lowest BCUT2D eigenvalue weighted by Crippen LogP contribution is -2.26. The Bertz CT molecular complexity index is 807. The van der Waals surface area contributed by atoms with E-state index in [-0.39, 0.29) is 17.9 Å². The fraction of sp³-hybridized carbons (Fsp3) is 0.263. The molecule has 1 unspecified atom stereocenters. The Morgan fingerprint density at radius 2 is 1.75 bits per heavy atom. The fourth-order valence-corrected chi connectivity index (χ4v) is 3.63. The van der Waals surface area contributed by atoms with Crippen LogP contribution in [0.4, 0.5) is 0 Å². The van der Waals surface area contributed by atoms with E-state index < -0.39 is 0 Å². The summed E-state index contributed by atoms with van der Waals surface area (Å²) in [6.45, 7) is 6.12. The molecule has 0 aliphatic rings. The Morgan fingerprint density at radius 1 is 1.08 bits per heavy atom. The van der Waals surface area contributed by atoms with E-state index in [4.69, 9.17) is 0 Å². The van der Waals surface area contributed by atoms with E-state index in [0.29, 0.717) is 4.88 Å². The molecular formula is C19H21N3OS. The molecule has 1 N–H and O–H groups in total. The van der Waals surface area contributed by atoms with Crippen LogP contribution in [0.25, 0.3) is 5.13 Å². The summed E-state index contributed by atoms with van der Waals surface area (Å²) in [7, 11) is 0. The minimum atomic E-state index is -0.0639. The first-order valence-electron chi connectivity index (χ1n) is 8.06. The first kappa shape index (κ1) is 16.5. The van der Waals surface area contributed by atoms with Gasteiger partial charge in [0.15, 0.2) is 5.13 Å². The van der Waals surface area contributed by atoms with E-state index in [1.807, 2.05) is 66.3 Å². The number of carbonyl (C=O) groups is 1. The van der Waals surface area contributed by atoms with Crippen molar-refractivity contribution in [2.24, 2.45) is 0 Å². The Hall–Kier alpha value is -2.40. The molecular weight excluding hydrogens is 318 g/mol. The number of nitrogens with one attached hydrogen (secondary N) is 1. The molecule has 3 rings (SSSR count). The SMILES string of the molecule is CC(C)c1nc(-n2cccc2)sc1C(=O)NC(C)c1ccccc1. The summed E-state index contributed by atoms with van der Waals surface area (Å²) >= 11 is 1.43. The van der Waals surface area contributed by atoms with Crippen molar-refractivity contribution in [2.45, 2.75) is 32.7 Å². The molecule has 24 heavy (non-hydrogen) atoms. The van der Waals surface area contributed by atoms with Gasteiger partial charge in [0.1, 0.15) is 4.88 Å². The van der Waals surface area contributed by atoms with Gasteiger partial charge in [0, 0.05) is 12.4 Å². The van der Waals surface area contributed by atoms with Crippen LogP contribution in [-0.4, -0.2) is 15.5 Å².